The van der Waals surface area contributed by atoms with Gasteiger partial charge < -0.3 is 10.8 Å². The van der Waals surface area contributed by atoms with E-state index in [4.69, 9.17) is 10.8 Å². The summed E-state index contributed by atoms with van der Waals surface area (Å²) in [6, 6.07) is 4.27. The molecule has 1 aliphatic rings. The van der Waals surface area contributed by atoms with E-state index in [0.29, 0.717) is 6.04 Å². The number of hydrogen-bond acceptors (Lipinski definition) is 2. The molecule has 0 aromatic carbocycles. The quantitative estimate of drug-likeness (QED) is 0.542. The molecule has 3 N–H and O–H groups in total. The number of rotatable bonds is 3. The summed E-state index contributed by atoms with van der Waals surface area (Å²) in [6.07, 6.45) is 8.85. The normalized spacial score (nSPS) is 25.4. The molecule has 1 heterocycles. The zero-order chi connectivity index (χ0) is 11.4. The van der Waals surface area contributed by atoms with Crippen molar-refractivity contribution in [2.75, 3.05) is 0 Å². The van der Waals surface area contributed by atoms with Gasteiger partial charge in [0, 0.05) is 12.0 Å². The lowest BCUT2D eigenvalue weighted by molar-refractivity contribution is -0.703. The van der Waals surface area contributed by atoms with Crippen LogP contribution >= 0.6 is 0 Å². The minimum atomic E-state index is 0.424. The van der Waals surface area contributed by atoms with Crippen molar-refractivity contribution < 1.29 is 9.59 Å². The van der Waals surface area contributed by atoms with Gasteiger partial charge in [0.05, 0.1) is 0 Å². The highest BCUT2D eigenvalue weighted by Gasteiger charge is 2.21. The van der Waals surface area contributed by atoms with Crippen molar-refractivity contribution in [3.8, 4) is 0 Å². The third-order valence-corrected chi connectivity index (χ3v) is 3.43. The van der Waals surface area contributed by atoms with Crippen LogP contribution in [0.2, 0.25) is 0 Å². The molecule has 3 nitrogen and oxygen atoms in total. The molecule has 0 atom stereocenters. The van der Waals surface area contributed by atoms with Gasteiger partial charge in [-0.15, -0.1) is 0 Å². The Morgan fingerprint density at radius 1 is 1.25 bits per heavy atom. The van der Waals surface area contributed by atoms with Gasteiger partial charge in [0.15, 0.2) is 18.9 Å². The number of pyridine rings is 1. The molecule has 1 radical (unpaired) electrons. The van der Waals surface area contributed by atoms with Crippen molar-refractivity contribution in [1.82, 2.24) is 0 Å². The van der Waals surface area contributed by atoms with E-state index in [9.17, 15) is 0 Å². The fourth-order valence-electron chi connectivity index (χ4n) is 2.35. The van der Waals surface area contributed by atoms with Crippen molar-refractivity contribution in [3.63, 3.8) is 0 Å². The average molecular weight is 218 g/mol. The Morgan fingerprint density at radius 2 is 1.88 bits per heavy atom. The Bertz CT molecular complexity index is 320. The topological polar surface area (TPSA) is 50.1 Å². The molecule has 0 saturated heterocycles. The monoisotopic (exact) mass is 218 g/mol. The second-order valence-corrected chi connectivity index (χ2v) is 4.74. The van der Waals surface area contributed by atoms with Crippen LogP contribution in [0.25, 0.3) is 0 Å². The summed E-state index contributed by atoms with van der Waals surface area (Å²) in [7, 11) is 1.13. The van der Waals surface area contributed by atoms with Crippen LogP contribution in [0.15, 0.2) is 24.5 Å². The molecule has 85 valence electrons. The molecule has 1 saturated carbocycles. The largest absolute Gasteiger partial charge is 0.450 e. The van der Waals surface area contributed by atoms with Gasteiger partial charge in [0.25, 0.3) is 0 Å². The number of aromatic nitrogens is 1. The highest BCUT2D eigenvalue weighted by molar-refractivity contribution is 6.45. The summed E-state index contributed by atoms with van der Waals surface area (Å²) in [6.45, 7) is 1.07. The van der Waals surface area contributed by atoms with Gasteiger partial charge in [-0.2, -0.15) is 0 Å². The summed E-state index contributed by atoms with van der Waals surface area (Å²) >= 11 is 0. The second-order valence-electron chi connectivity index (χ2n) is 4.74. The Balaban J connectivity index is 1.88. The third-order valence-electron chi connectivity index (χ3n) is 3.43. The Morgan fingerprint density at radius 3 is 2.44 bits per heavy atom. The molecule has 4 heteroatoms. The van der Waals surface area contributed by atoms with Crippen molar-refractivity contribution in [1.29, 1.82) is 0 Å². The molecular weight excluding hydrogens is 199 g/mol. The van der Waals surface area contributed by atoms with Crippen molar-refractivity contribution in [2.24, 2.45) is 11.7 Å². The van der Waals surface area contributed by atoms with E-state index in [1.807, 2.05) is 24.5 Å². The smallest absolute Gasteiger partial charge is 0.327 e. The van der Waals surface area contributed by atoms with E-state index in [1.54, 1.807) is 0 Å². The van der Waals surface area contributed by atoms with Gasteiger partial charge in [-0.3, -0.25) is 0 Å². The summed E-state index contributed by atoms with van der Waals surface area (Å²) in [5.41, 5.74) is 6.74. The van der Waals surface area contributed by atoms with Crippen LogP contribution in [0.4, 0.5) is 0 Å². The maximum Gasteiger partial charge on any atom is 0.327 e. The van der Waals surface area contributed by atoms with E-state index in [1.165, 1.54) is 12.8 Å². The molecule has 0 aliphatic heterocycles. The Labute approximate surface area is 97.6 Å². The molecule has 16 heavy (non-hydrogen) atoms. The predicted molar refractivity (Wildman–Crippen MR) is 64.2 cm³/mol. The molecule has 2 rings (SSSR count). The molecule has 1 fully saturated rings. The molecule has 0 spiro atoms. The maximum atomic E-state index is 8.83. The van der Waals surface area contributed by atoms with Crippen molar-refractivity contribution in [3.05, 3.63) is 24.5 Å². The predicted octanol–water partition coefficient (Wildman–Crippen LogP) is -0.272. The first-order valence-electron chi connectivity index (χ1n) is 6.00. The summed E-state index contributed by atoms with van der Waals surface area (Å²) < 4.78 is 2.19. The molecule has 1 aromatic heterocycles. The first-order valence-corrected chi connectivity index (χ1v) is 6.00. The van der Waals surface area contributed by atoms with Crippen LogP contribution < -0.4 is 15.8 Å². The molecule has 0 unspecified atom stereocenters. The van der Waals surface area contributed by atoms with Crippen LogP contribution in [0, 0.1) is 5.92 Å². The molecule has 1 aromatic rings. The molecule has 0 bridgehead atoms. The summed E-state index contributed by atoms with van der Waals surface area (Å²) in [5, 5.41) is 8.83. The van der Waals surface area contributed by atoms with Crippen LogP contribution in [0.1, 0.15) is 25.7 Å². The average Bonchev–Trinajstić information content (AvgIpc) is 2.33. The summed E-state index contributed by atoms with van der Waals surface area (Å²) in [4.78, 5) is 0. The van der Waals surface area contributed by atoms with E-state index in [2.05, 4.69) is 4.57 Å². The van der Waals surface area contributed by atoms with Gasteiger partial charge in [0.1, 0.15) is 0 Å². The lowest BCUT2D eigenvalue weighted by Gasteiger charge is -2.23. The maximum absolute atomic E-state index is 8.83. The van der Waals surface area contributed by atoms with Gasteiger partial charge in [-0.25, -0.2) is 4.57 Å². The van der Waals surface area contributed by atoms with Gasteiger partial charge >= 0.3 is 7.48 Å². The number of hydrogen-bond donors (Lipinski definition) is 2. The van der Waals surface area contributed by atoms with Crippen LogP contribution in [0.5, 0.6) is 0 Å². The van der Waals surface area contributed by atoms with Crippen LogP contribution in [0.3, 0.4) is 0 Å². The fourth-order valence-corrected chi connectivity index (χ4v) is 2.35. The van der Waals surface area contributed by atoms with E-state index < -0.39 is 0 Å². The van der Waals surface area contributed by atoms with E-state index >= 15 is 0 Å². The standard InChI is InChI=1S/C12H19BN2O/c14-12-3-1-10(2-4-12)9-15-7-5-11(13-16)6-8-15/h5-8,10,12,16H,1-4,9,14H2/q+1. The number of nitrogens with two attached hydrogens (primary N) is 1. The Kier molecular flexibility index (Phi) is 3.96. The minimum absolute atomic E-state index is 0.424. The van der Waals surface area contributed by atoms with Gasteiger partial charge in [0.2, 0.25) is 0 Å². The van der Waals surface area contributed by atoms with Gasteiger partial charge in [-0.1, -0.05) is 0 Å². The molecule has 1 aliphatic carbocycles. The lowest BCUT2D eigenvalue weighted by atomic mass is 9.86. The highest BCUT2D eigenvalue weighted by atomic mass is 16.2. The number of nitrogens with zero attached hydrogens (tertiary/aromatic N) is 1. The van der Waals surface area contributed by atoms with E-state index in [-0.39, 0.29) is 0 Å². The first kappa shape index (κ1) is 11.6. The highest BCUT2D eigenvalue weighted by Crippen LogP contribution is 2.22. The summed E-state index contributed by atoms with van der Waals surface area (Å²) in [5.74, 6) is 0.758. The minimum Gasteiger partial charge on any atom is -0.450 e. The zero-order valence-electron chi connectivity index (χ0n) is 9.55. The molecule has 0 amide bonds. The zero-order valence-corrected chi connectivity index (χ0v) is 9.55. The first-order chi connectivity index (χ1) is 7.78. The van der Waals surface area contributed by atoms with Crippen molar-refractivity contribution in [2.45, 2.75) is 38.3 Å². The van der Waals surface area contributed by atoms with Crippen LogP contribution in [-0.4, -0.2) is 18.5 Å². The molecular formula is C12H19BN2O+. The van der Waals surface area contributed by atoms with E-state index in [0.717, 1.165) is 38.2 Å². The second kappa shape index (κ2) is 5.46. The lowest BCUT2D eigenvalue weighted by Crippen LogP contribution is -2.40. The Hall–Kier alpha value is -0.865. The SMILES string of the molecule is NC1CCC(C[n+]2ccc([B]O)cc2)CC1. The fraction of sp³-hybridized carbons (Fsp3) is 0.583. The van der Waals surface area contributed by atoms with Gasteiger partial charge in [-0.05, 0) is 43.3 Å². The van der Waals surface area contributed by atoms with Crippen LogP contribution in [-0.2, 0) is 6.54 Å². The third kappa shape index (κ3) is 3.06. The van der Waals surface area contributed by atoms with Crippen molar-refractivity contribution >= 4 is 12.9 Å².